The Bertz CT molecular complexity index is 292. The van der Waals surface area contributed by atoms with Crippen molar-refractivity contribution in [2.45, 2.75) is 26.4 Å². The van der Waals surface area contributed by atoms with E-state index in [2.05, 4.69) is 16.9 Å². The van der Waals surface area contributed by atoms with Crippen molar-refractivity contribution in [3.63, 3.8) is 0 Å². The zero-order chi connectivity index (χ0) is 9.68. The number of ether oxygens (including phenoxy) is 1. The number of H-pyrrole nitrogens is 1. The van der Waals surface area contributed by atoms with Gasteiger partial charge in [-0.25, -0.2) is 4.98 Å². The van der Waals surface area contributed by atoms with Gasteiger partial charge in [-0.15, -0.1) is 0 Å². The van der Waals surface area contributed by atoms with Crippen LogP contribution in [0.15, 0.2) is 10.9 Å². The van der Waals surface area contributed by atoms with Gasteiger partial charge in [-0.05, 0) is 6.42 Å². The third-order valence-corrected chi connectivity index (χ3v) is 1.63. The molecule has 0 amide bonds. The van der Waals surface area contributed by atoms with Crippen molar-refractivity contribution >= 4 is 0 Å². The summed E-state index contributed by atoms with van der Waals surface area (Å²) in [5, 5.41) is 0. The summed E-state index contributed by atoms with van der Waals surface area (Å²) in [4.78, 5) is 18.0. The van der Waals surface area contributed by atoms with Crippen molar-refractivity contribution in [1.82, 2.24) is 9.97 Å². The second-order valence-electron chi connectivity index (χ2n) is 2.87. The topological polar surface area (TPSA) is 55.0 Å². The largest absolute Gasteiger partial charge is 0.377 e. The van der Waals surface area contributed by atoms with Gasteiger partial charge in [0.05, 0.1) is 0 Å². The van der Waals surface area contributed by atoms with Crippen molar-refractivity contribution in [2.24, 2.45) is 0 Å². The van der Waals surface area contributed by atoms with Crippen LogP contribution in [0.2, 0.25) is 0 Å². The van der Waals surface area contributed by atoms with Crippen LogP contribution in [0.4, 0.5) is 0 Å². The second kappa shape index (κ2) is 4.77. The van der Waals surface area contributed by atoms with Crippen LogP contribution in [0.1, 0.15) is 24.9 Å². The first-order valence-corrected chi connectivity index (χ1v) is 4.34. The summed E-state index contributed by atoms with van der Waals surface area (Å²) < 4.78 is 4.88. The molecule has 1 aromatic rings. The van der Waals surface area contributed by atoms with Gasteiger partial charge in [0.2, 0.25) is 0 Å². The van der Waals surface area contributed by atoms with E-state index >= 15 is 0 Å². The SMILES string of the molecule is CCCc1cc(=O)[nH]c(COC)n1. The molecule has 0 atom stereocenters. The molecule has 1 heterocycles. The molecule has 1 rings (SSSR count). The van der Waals surface area contributed by atoms with Gasteiger partial charge in [0.15, 0.2) is 0 Å². The Balaban J connectivity index is 2.90. The van der Waals surface area contributed by atoms with Crippen LogP contribution >= 0.6 is 0 Å². The van der Waals surface area contributed by atoms with Crippen LogP contribution in [-0.2, 0) is 17.8 Å². The van der Waals surface area contributed by atoms with Gasteiger partial charge in [-0.1, -0.05) is 13.3 Å². The Hall–Kier alpha value is -1.16. The van der Waals surface area contributed by atoms with Crippen LogP contribution in [0, 0.1) is 0 Å². The number of hydrogen-bond donors (Lipinski definition) is 1. The third kappa shape index (κ3) is 2.99. The maximum atomic E-state index is 11.1. The quantitative estimate of drug-likeness (QED) is 0.751. The lowest BCUT2D eigenvalue weighted by atomic mass is 10.2. The molecule has 72 valence electrons. The van der Waals surface area contributed by atoms with Crippen molar-refractivity contribution in [3.05, 3.63) is 27.9 Å². The maximum absolute atomic E-state index is 11.1. The van der Waals surface area contributed by atoms with E-state index in [9.17, 15) is 4.79 Å². The molecule has 0 unspecified atom stereocenters. The molecule has 0 aliphatic rings. The van der Waals surface area contributed by atoms with E-state index in [1.807, 2.05) is 0 Å². The van der Waals surface area contributed by atoms with Crippen LogP contribution < -0.4 is 5.56 Å². The number of aromatic amines is 1. The molecule has 1 N–H and O–H groups in total. The highest BCUT2D eigenvalue weighted by Crippen LogP contribution is 1.97. The summed E-state index contributed by atoms with van der Waals surface area (Å²) in [5.74, 6) is 0.596. The van der Waals surface area contributed by atoms with Crippen LogP contribution in [0.3, 0.4) is 0 Å². The lowest BCUT2D eigenvalue weighted by molar-refractivity contribution is 0.177. The third-order valence-electron chi connectivity index (χ3n) is 1.63. The van der Waals surface area contributed by atoms with Gasteiger partial charge < -0.3 is 9.72 Å². The summed E-state index contributed by atoms with van der Waals surface area (Å²) >= 11 is 0. The molecule has 0 saturated heterocycles. The highest BCUT2D eigenvalue weighted by molar-refractivity contribution is 5.02. The number of aryl methyl sites for hydroxylation is 1. The first kappa shape index (κ1) is 9.92. The first-order valence-electron chi connectivity index (χ1n) is 4.34. The predicted octanol–water partition coefficient (Wildman–Crippen LogP) is 0.869. The van der Waals surface area contributed by atoms with E-state index < -0.39 is 0 Å². The molecule has 0 saturated carbocycles. The fraction of sp³-hybridized carbons (Fsp3) is 0.556. The van der Waals surface area contributed by atoms with E-state index in [-0.39, 0.29) is 5.56 Å². The van der Waals surface area contributed by atoms with Gasteiger partial charge in [0.1, 0.15) is 12.4 Å². The number of methoxy groups -OCH3 is 1. The zero-order valence-electron chi connectivity index (χ0n) is 7.96. The fourth-order valence-electron chi connectivity index (χ4n) is 1.15. The lowest BCUT2D eigenvalue weighted by Crippen LogP contribution is -2.13. The average Bonchev–Trinajstić information content (AvgIpc) is 2.04. The number of aromatic nitrogens is 2. The molecule has 0 fully saturated rings. The Labute approximate surface area is 77.0 Å². The summed E-state index contributed by atoms with van der Waals surface area (Å²) in [6, 6.07) is 1.53. The van der Waals surface area contributed by atoms with Crippen molar-refractivity contribution in [1.29, 1.82) is 0 Å². The zero-order valence-corrected chi connectivity index (χ0v) is 7.96. The number of rotatable bonds is 4. The van der Waals surface area contributed by atoms with E-state index in [0.717, 1.165) is 18.5 Å². The highest BCUT2D eigenvalue weighted by Gasteiger charge is 1.99. The minimum Gasteiger partial charge on any atom is -0.377 e. The molecule has 4 heteroatoms. The molecule has 0 aromatic carbocycles. The monoisotopic (exact) mass is 182 g/mol. The molecule has 0 bridgehead atoms. The molecule has 4 nitrogen and oxygen atoms in total. The van der Waals surface area contributed by atoms with E-state index in [1.54, 1.807) is 7.11 Å². The molecule has 13 heavy (non-hydrogen) atoms. The molecule has 1 aromatic heterocycles. The lowest BCUT2D eigenvalue weighted by Gasteiger charge is -2.01. The fourth-order valence-corrected chi connectivity index (χ4v) is 1.15. The molecular formula is C9H14N2O2. The average molecular weight is 182 g/mol. The van der Waals surface area contributed by atoms with E-state index in [1.165, 1.54) is 6.07 Å². The number of nitrogens with one attached hydrogen (secondary N) is 1. The second-order valence-corrected chi connectivity index (χ2v) is 2.87. The molecule has 0 aliphatic heterocycles. The van der Waals surface area contributed by atoms with Gasteiger partial charge in [0.25, 0.3) is 5.56 Å². The molecule has 0 radical (unpaired) electrons. The smallest absolute Gasteiger partial charge is 0.251 e. The minimum absolute atomic E-state index is 0.106. The molecule has 0 aliphatic carbocycles. The molecular weight excluding hydrogens is 168 g/mol. The van der Waals surface area contributed by atoms with Gasteiger partial charge in [-0.2, -0.15) is 0 Å². The Morgan fingerprint density at radius 3 is 3.00 bits per heavy atom. The van der Waals surface area contributed by atoms with Crippen molar-refractivity contribution in [2.75, 3.05) is 7.11 Å². The van der Waals surface area contributed by atoms with Gasteiger partial charge >= 0.3 is 0 Å². The normalized spacial score (nSPS) is 10.3. The van der Waals surface area contributed by atoms with Crippen LogP contribution in [0.25, 0.3) is 0 Å². The van der Waals surface area contributed by atoms with Crippen LogP contribution in [-0.4, -0.2) is 17.1 Å². The van der Waals surface area contributed by atoms with Gasteiger partial charge in [-0.3, -0.25) is 4.79 Å². The van der Waals surface area contributed by atoms with E-state index in [0.29, 0.717) is 12.4 Å². The summed E-state index contributed by atoms with van der Waals surface area (Å²) in [6.45, 7) is 2.41. The van der Waals surface area contributed by atoms with Crippen LogP contribution in [0.5, 0.6) is 0 Å². The number of hydrogen-bond acceptors (Lipinski definition) is 3. The summed E-state index contributed by atoms with van der Waals surface area (Å²) in [5.41, 5.74) is 0.726. The van der Waals surface area contributed by atoms with E-state index in [4.69, 9.17) is 4.74 Å². The summed E-state index contributed by atoms with van der Waals surface area (Å²) in [7, 11) is 1.58. The minimum atomic E-state index is -0.106. The standard InChI is InChI=1S/C9H14N2O2/c1-3-4-7-5-9(12)11-8(10-7)6-13-2/h5H,3-4,6H2,1-2H3,(H,10,11,12). The van der Waals surface area contributed by atoms with Gasteiger partial charge in [0, 0.05) is 18.9 Å². The van der Waals surface area contributed by atoms with Crippen molar-refractivity contribution < 1.29 is 4.74 Å². The maximum Gasteiger partial charge on any atom is 0.251 e. The Morgan fingerprint density at radius 2 is 2.38 bits per heavy atom. The van der Waals surface area contributed by atoms with Crippen molar-refractivity contribution in [3.8, 4) is 0 Å². The number of nitrogens with zero attached hydrogens (tertiary/aromatic N) is 1. The summed E-state index contributed by atoms with van der Waals surface area (Å²) in [6.07, 6.45) is 1.82. The Kier molecular flexibility index (Phi) is 3.64. The molecule has 0 spiro atoms. The Morgan fingerprint density at radius 1 is 1.62 bits per heavy atom. The highest BCUT2D eigenvalue weighted by atomic mass is 16.5. The predicted molar refractivity (Wildman–Crippen MR) is 49.6 cm³/mol. The first-order chi connectivity index (χ1) is 6.26.